The van der Waals surface area contributed by atoms with E-state index in [1.54, 1.807) is 0 Å². The summed E-state index contributed by atoms with van der Waals surface area (Å²) in [5, 5.41) is 0. The molecule has 4 nitrogen and oxygen atoms in total. The summed E-state index contributed by atoms with van der Waals surface area (Å²) < 4.78 is 10.9. The van der Waals surface area contributed by atoms with E-state index in [2.05, 4.69) is 6.92 Å². The van der Waals surface area contributed by atoms with Gasteiger partial charge < -0.3 is 9.47 Å². The summed E-state index contributed by atoms with van der Waals surface area (Å²) in [6.45, 7) is 8.42. The van der Waals surface area contributed by atoms with Gasteiger partial charge in [0.2, 0.25) is 0 Å². The quantitative estimate of drug-likeness (QED) is 0.388. The minimum absolute atomic E-state index is 0.0387. The highest BCUT2D eigenvalue weighted by atomic mass is 16.6. The minimum atomic E-state index is -0.441. The number of esters is 2. The number of unbranched alkanes of at least 4 members (excludes halogenated alkanes) is 6. The molecule has 4 heteroatoms. The van der Waals surface area contributed by atoms with E-state index in [9.17, 15) is 9.59 Å². The van der Waals surface area contributed by atoms with Crippen LogP contribution in [0.4, 0.5) is 0 Å². The normalized spacial score (nSPS) is 21.0. The van der Waals surface area contributed by atoms with Crippen LogP contribution in [0.1, 0.15) is 98.3 Å². The van der Waals surface area contributed by atoms with Crippen molar-refractivity contribution in [2.45, 2.75) is 104 Å². The zero-order chi connectivity index (χ0) is 18.7. The lowest BCUT2D eigenvalue weighted by Gasteiger charge is -2.28. The Bertz CT molecular complexity index is 389. The number of carbonyl (C=O) groups excluding carboxylic acids is 2. The second kappa shape index (κ2) is 11.5. The zero-order valence-electron chi connectivity index (χ0n) is 16.8. The Balaban J connectivity index is 2.12. The van der Waals surface area contributed by atoms with Crippen molar-refractivity contribution in [3.63, 3.8) is 0 Å². The molecule has 0 atom stereocenters. The minimum Gasteiger partial charge on any atom is -0.465 e. The first-order chi connectivity index (χ1) is 11.8. The lowest BCUT2D eigenvalue weighted by atomic mass is 9.82. The van der Waals surface area contributed by atoms with Crippen LogP contribution in [0.2, 0.25) is 0 Å². The van der Waals surface area contributed by atoms with Gasteiger partial charge in [-0.1, -0.05) is 45.4 Å². The fourth-order valence-electron chi connectivity index (χ4n) is 3.30. The molecule has 0 unspecified atom stereocenters. The molecular weight excluding hydrogens is 316 g/mol. The van der Waals surface area contributed by atoms with Crippen LogP contribution in [0.3, 0.4) is 0 Å². The Morgan fingerprint density at radius 3 is 1.80 bits per heavy atom. The van der Waals surface area contributed by atoms with Crippen LogP contribution in [-0.4, -0.2) is 24.1 Å². The number of hydrogen-bond acceptors (Lipinski definition) is 4. The molecule has 146 valence electrons. The van der Waals surface area contributed by atoms with Crippen molar-refractivity contribution < 1.29 is 19.1 Å². The average Bonchev–Trinajstić information content (AvgIpc) is 2.55. The molecule has 0 aromatic rings. The van der Waals surface area contributed by atoms with Gasteiger partial charge in [0, 0.05) is 0 Å². The second-order valence-corrected chi connectivity index (χ2v) is 8.37. The van der Waals surface area contributed by atoms with Gasteiger partial charge in [0.05, 0.1) is 18.4 Å². The standard InChI is InChI=1S/C21H38O4/c1-5-6-7-8-9-10-11-16-24-19(22)17-12-14-18(15-13-17)20(23)25-21(2,3)4/h17-18H,5-16H2,1-4H3. The van der Waals surface area contributed by atoms with Crippen molar-refractivity contribution in [3.8, 4) is 0 Å². The Labute approximate surface area is 154 Å². The first-order valence-electron chi connectivity index (χ1n) is 10.2. The summed E-state index contributed by atoms with van der Waals surface area (Å²) in [5.41, 5.74) is -0.441. The number of hydrogen-bond donors (Lipinski definition) is 0. The van der Waals surface area contributed by atoms with E-state index in [1.807, 2.05) is 20.8 Å². The van der Waals surface area contributed by atoms with Crippen molar-refractivity contribution >= 4 is 11.9 Å². The van der Waals surface area contributed by atoms with Crippen molar-refractivity contribution in [2.75, 3.05) is 6.61 Å². The van der Waals surface area contributed by atoms with Gasteiger partial charge in [-0.3, -0.25) is 9.59 Å². The molecule has 0 amide bonds. The maximum absolute atomic E-state index is 12.1. The molecule has 0 aromatic carbocycles. The van der Waals surface area contributed by atoms with Crippen LogP contribution in [0.15, 0.2) is 0 Å². The topological polar surface area (TPSA) is 52.6 Å². The van der Waals surface area contributed by atoms with E-state index in [1.165, 1.54) is 32.1 Å². The van der Waals surface area contributed by atoms with Gasteiger partial charge in [-0.25, -0.2) is 0 Å². The van der Waals surface area contributed by atoms with Crippen LogP contribution in [0.25, 0.3) is 0 Å². The van der Waals surface area contributed by atoms with E-state index in [0.717, 1.165) is 38.5 Å². The Morgan fingerprint density at radius 1 is 0.800 bits per heavy atom. The summed E-state index contributed by atoms with van der Waals surface area (Å²) in [4.78, 5) is 24.2. The molecule has 0 heterocycles. The van der Waals surface area contributed by atoms with Gasteiger partial charge in [-0.2, -0.15) is 0 Å². The Morgan fingerprint density at radius 2 is 1.28 bits per heavy atom. The van der Waals surface area contributed by atoms with E-state index < -0.39 is 5.60 Å². The maximum atomic E-state index is 12.1. The molecule has 1 saturated carbocycles. The lowest BCUT2D eigenvalue weighted by molar-refractivity contribution is -0.163. The lowest BCUT2D eigenvalue weighted by Crippen LogP contribution is -2.32. The zero-order valence-corrected chi connectivity index (χ0v) is 16.8. The fraction of sp³-hybridized carbons (Fsp3) is 0.905. The van der Waals surface area contributed by atoms with Crippen LogP contribution in [-0.2, 0) is 19.1 Å². The fourth-order valence-corrected chi connectivity index (χ4v) is 3.30. The Kier molecular flexibility index (Phi) is 10.1. The molecule has 1 aliphatic carbocycles. The van der Waals surface area contributed by atoms with Gasteiger partial charge in [0.1, 0.15) is 5.60 Å². The number of ether oxygens (including phenoxy) is 2. The summed E-state index contributed by atoms with van der Waals surface area (Å²) in [6, 6.07) is 0. The summed E-state index contributed by atoms with van der Waals surface area (Å²) >= 11 is 0. The molecule has 0 spiro atoms. The van der Waals surface area contributed by atoms with Gasteiger partial charge >= 0.3 is 11.9 Å². The molecule has 0 N–H and O–H groups in total. The predicted octanol–water partition coefficient (Wildman–Crippen LogP) is 5.43. The summed E-state index contributed by atoms with van der Waals surface area (Å²) in [6.07, 6.45) is 11.5. The summed E-state index contributed by atoms with van der Waals surface area (Å²) in [7, 11) is 0. The van der Waals surface area contributed by atoms with Gasteiger partial charge in [-0.15, -0.1) is 0 Å². The number of rotatable bonds is 10. The van der Waals surface area contributed by atoms with E-state index in [0.29, 0.717) is 6.61 Å². The van der Waals surface area contributed by atoms with Crippen LogP contribution in [0.5, 0.6) is 0 Å². The third-order valence-corrected chi connectivity index (χ3v) is 4.79. The monoisotopic (exact) mass is 354 g/mol. The van der Waals surface area contributed by atoms with Crippen molar-refractivity contribution in [2.24, 2.45) is 11.8 Å². The van der Waals surface area contributed by atoms with Crippen LogP contribution < -0.4 is 0 Å². The summed E-state index contributed by atoms with van der Waals surface area (Å²) in [5.74, 6) is -0.300. The predicted molar refractivity (Wildman–Crippen MR) is 100 cm³/mol. The molecule has 1 fully saturated rings. The molecule has 0 bridgehead atoms. The molecule has 25 heavy (non-hydrogen) atoms. The first-order valence-corrected chi connectivity index (χ1v) is 10.2. The SMILES string of the molecule is CCCCCCCCCOC(=O)C1CCC(C(=O)OC(C)(C)C)CC1. The highest BCUT2D eigenvalue weighted by molar-refractivity contribution is 5.75. The van der Waals surface area contributed by atoms with Crippen molar-refractivity contribution in [1.29, 1.82) is 0 Å². The molecular formula is C21H38O4. The van der Waals surface area contributed by atoms with Crippen molar-refractivity contribution in [3.05, 3.63) is 0 Å². The molecule has 0 aliphatic heterocycles. The Hall–Kier alpha value is -1.06. The third kappa shape index (κ3) is 9.86. The molecule has 1 rings (SSSR count). The average molecular weight is 355 g/mol. The van der Waals surface area contributed by atoms with Gasteiger partial charge in [0.15, 0.2) is 0 Å². The third-order valence-electron chi connectivity index (χ3n) is 4.79. The van der Waals surface area contributed by atoms with Crippen LogP contribution >= 0.6 is 0 Å². The highest BCUT2D eigenvalue weighted by Crippen LogP contribution is 2.31. The van der Waals surface area contributed by atoms with Crippen LogP contribution in [0, 0.1) is 11.8 Å². The van der Waals surface area contributed by atoms with E-state index in [-0.39, 0.29) is 23.8 Å². The second-order valence-electron chi connectivity index (χ2n) is 8.37. The van der Waals surface area contributed by atoms with E-state index in [4.69, 9.17) is 9.47 Å². The number of carbonyl (C=O) groups is 2. The molecule has 1 aliphatic rings. The van der Waals surface area contributed by atoms with Gasteiger partial charge in [0.25, 0.3) is 0 Å². The molecule has 0 radical (unpaired) electrons. The van der Waals surface area contributed by atoms with Crippen molar-refractivity contribution in [1.82, 2.24) is 0 Å². The van der Waals surface area contributed by atoms with Gasteiger partial charge in [-0.05, 0) is 52.9 Å². The highest BCUT2D eigenvalue weighted by Gasteiger charge is 2.33. The molecule has 0 saturated heterocycles. The smallest absolute Gasteiger partial charge is 0.309 e. The largest absolute Gasteiger partial charge is 0.465 e. The first kappa shape index (κ1) is 22.0. The van der Waals surface area contributed by atoms with E-state index >= 15 is 0 Å². The maximum Gasteiger partial charge on any atom is 0.309 e. The molecule has 0 aromatic heterocycles.